The van der Waals surface area contributed by atoms with Gasteiger partial charge in [0.25, 0.3) is 0 Å². The molecule has 0 aromatic heterocycles. The Labute approximate surface area is 112 Å². The van der Waals surface area contributed by atoms with E-state index in [4.69, 9.17) is 0 Å². The van der Waals surface area contributed by atoms with Crippen LogP contribution in [0, 0.1) is 0 Å². The third kappa shape index (κ3) is 8.92. The largest absolute Gasteiger partial charge is 0.183 e. The fourth-order valence-corrected chi connectivity index (χ4v) is 7.61. The molecule has 0 N–H and O–H groups in total. The van der Waals surface area contributed by atoms with Gasteiger partial charge in [0.05, 0.1) is 0 Å². The SMILES string of the molecule is CCCCCCCCS(Br)(CCC)CCC. The number of halogens is 1. The molecular weight excluding hydrogens is 280 g/mol. The van der Waals surface area contributed by atoms with Crippen molar-refractivity contribution < 1.29 is 0 Å². The van der Waals surface area contributed by atoms with Gasteiger partial charge in [-0.1, -0.05) is 52.9 Å². The third-order valence-corrected chi connectivity index (χ3v) is 9.22. The Morgan fingerprint density at radius 1 is 0.625 bits per heavy atom. The van der Waals surface area contributed by atoms with E-state index in [1.165, 1.54) is 68.6 Å². The molecule has 0 saturated heterocycles. The van der Waals surface area contributed by atoms with Crippen molar-refractivity contribution >= 4 is 23.3 Å². The molecule has 0 saturated carbocycles. The summed E-state index contributed by atoms with van der Waals surface area (Å²) in [6.45, 7) is 6.93. The van der Waals surface area contributed by atoms with Crippen molar-refractivity contribution in [1.29, 1.82) is 0 Å². The molecule has 100 valence electrons. The Morgan fingerprint density at radius 2 is 1.12 bits per heavy atom. The maximum Gasteiger partial charge on any atom is -0.0136 e. The zero-order valence-corrected chi connectivity index (χ0v) is 14.0. The van der Waals surface area contributed by atoms with Gasteiger partial charge in [0.15, 0.2) is 0 Å². The summed E-state index contributed by atoms with van der Waals surface area (Å²) in [6.07, 6.45) is 11.3. The molecule has 0 fully saturated rings. The Morgan fingerprint density at radius 3 is 1.62 bits per heavy atom. The molecule has 0 spiro atoms. The fraction of sp³-hybridized carbons (Fsp3) is 1.00. The highest BCUT2D eigenvalue weighted by atomic mass is 79.9. The standard InChI is InChI=1S/C14H31BrS/c1-4-7-8-9-10-11-14-16(15,12-5-2)13-6-3/h4-14H2,1-3H3. The first-order valence-corrected chi connectivity index (χ1v) is 11.1. The van der Waals surface area contributed by atoms with Gasteiger partial charge < -0.3 is 0 Å². The van der Waals surface area contributed by atoms with E-state index in [9.17, 15) is 0 Å². The Balaban J connectivity index is 3.59. The number of unbranched alkanes of at least 4 members (excludes halogenated alkanes) is 5. The summed E-state index contributed by atoms with van der Waals surface area (Å²) in [7, 11) is -0.419. The summed E-state index contributed by atoms with van der Waals surface area (Å²) in [5, 5.41) is 0. The Bertz CT molecular complexity index is 142. The molecule has 0 unspecified atom stereocenters. The highest BCUT2D eigenvalue weighted by molar-refractivity contribution is 9.58. The molecule has 0 radical (unpaired) electrons. The molecule has 0 aliphatic carbocycles. The molecule has 2 heteroatoms. The second-order valence-corrected chi connectivity index (χ2v) is 12.0. The van der Waals surface area contributed by atoms with Crippen LogP contribution in [0.3, 0.4) is 0 Å². The van der Waals surface area contributed by atoms with Gasteiger partial charge in [-0.3, -0.25) is 0 Å². The normalized spacial score (nSPS) is 13.0. The summed E-state index contributed by atoms with van der Waals surface area (Å²) in [5.41, 5.74) is 0. The van der Waals surface area contributed by atoms with Crippen LogP contribution in [0.4, 0.5) is 0 Å². The van der Waals surface area contributed by atoms with Crippen LogP contribution in [0.15, 0.2) is 0 Å². The molecule has 0 heterocycles. The van der Waals surface area contributed by atoms with Crippen molar-refractivity contribution in [2.24, 2.45) is 0 Å². The lowest BCUT2D eigenvalue weighted by molar-refractivity contribution is 0.626. The lowest BCUT2D eigenvalue weighted by Crippen LogP contribution is -2.06. The molecule has 0 aliphatic rings. The number of hydrogen-bond acceptors (Lipinski definition) is 0. The predicted molar refractivity (Wildman–Crippen MR) is 85.1 cm³/mol. The van der Waals surface area contributed by atoms with Gasteiger partial charge in [-0.2, -0.15) is 8.46 Å². The molecule has 0 aromatic rings. The number of rotatable bonds is 11. The first-order valence-electron chi connectivity index (χ1n) is 7.14. The second kappa shape index (κ2) is 11.0. The van der Waals surface area contributed by atoms with Gasteiger partial charge in [0, 0.05) is 0 Å². The fourth-order valence-electron chi connectivity index (χ4n) is 2.18. The molecule has 0 bridgehead atoms. The summed E-state index contributed by atoms with van der Waals surface area (Å²) < 4.78 is 0. The van der Waals surface area contributed by atoms with E-state index in [2.05, 4.69) is 35.6 Å². The maximum absolute atomic E-state index is 4.07. The molecule has 0 rings (SSSR count). The van der Waals surface area contributed by atoms with Crippen LogP contribution < -0.4 is 0 Å². The van der Waals surface area contributed by atoms with E-state index in [0.29, 0.717) is 0 Å². The van der Waals surface area contributed by atoms with Crippen molar-refractivity contribution in [3.8, 4) is 0 Å². The smallest absolute Gasteiger partial charge is 0.0136 e. The quantitative estimate of drug-likeness (QED) is 0.394. The summed E-state index contributed by atoms with van der Waals surface area (Å²) in [6, 6.07) is 0. The Hall–Kier alpha value is 0.830. The third-order valence-electron chi connectivity index (χ3n) is 3.00. The van der Waals surface area contributed by atoms with Crippen molar-refractivity contribution in [1.82, 2.24) is 0 Å². The molecule has 0 atom stereocenters. The van der Waals surface area contributed by atoms with Crippen LogP contribution in [0.5, 0.6) is 0 Å². The summed E-state index contributed by atoms with van der Waals surface area (Å²) in [5.74, 6) is 4.31. The van der Waals surface area contributed by atoms with E-state index in [-0.39, 0.29) is 0 Å². The van der Waals surface area contributed by atoms with Gasteiger partial charge >= 0.3 is 0 Å². The molecule has 0 aliphatic heterocycles. The van der Waals surface area contributed by atoms with E-state index in [0.717, 1.165) is 0 Å². The molecule has 0 nitrogen and oxygen atoms in total. The van der Waals surface area contributed by atoms with Crippen LogP contribution in [0.25, 0.3) is 0 Å². The van der Waals surface area contributed by atoms with Gasteiger partial charge in [0.2, 0.25) is 0 Å². The maximum atomic E-state index is 4.07. The highest BCUT2D eigenvalue weighted by Gasteiger charge is 2.17. The zero-order chi connectivity index (χ0) is 12.3. The molecule has 16 heavy (non-hydrogen) atoms. The van der Waals surface area contributed by atoms with E-state index in [1.54, 1.807) is 0 Å². The average Bonchev–Trinajstić information content (AvgIpc) is 2.24. The Kier molecular flexibility index (Phi) is 11.5. The van der Waals surface area contributed by atoms with Crippen LogP contribution in [0.1, 0.15) is 72.1 Å². The van der Waals surface area contributed by atoms with E-state index < -0.39 is 8.46 Å². The molecule has 0 amide bonds. The zero-order valence-electron chi connectivity index (χ0n) is 11.6. The van der Waals surface area contributed by atoms with Gasteiger partial charge in [0.1, 0.15) is 0 Å². The van der Waals surface area contributed by atoms with Crippen LogP contribution in [0.2, 0.25) is 0 Å². The summed E-state index contributed by atoms with van der Waals surface area (Å²) in [4.78, 5) is 0. The minimum Gasteiger partial charge on any atom is -0.183 e. The van der Waals surface area contributed by atoms with Crippen LogP contribution >= 0.6 is 23.3 Å². The van der Waals surface area contributed by atoms with Crippen molar-refractivity contribution in [2.45, 2.75) is 72.1 Å². The first-order chi connectivity index (χ1) is 7.68. The predicted octanol–water partition coefficient (Wildman–Crippen LogP) is 6.28. The van der Waals surface area contributed by atoms with Crippen molar-refractivity contribution in [3.05, 3.63) is 0 Å². The van der Waals surface area contributed by atoms with Gasteiger partial charge in [-0.25, -0.2) is 0 Å². The first kappa shape index (κ1) is 16.8. The topological polar surface area (TPSA) is 0 Å². The van der Waals surface area contributed by atoms with E-state index in [1.807, 2.05) is 0 Å². The lowest BCUT2D eigenvalue weighted by atomic mass is 10.1. The van der Waals surface area contributed by atoms with Crippen molar-refractivity contribution in [3.63, 3.8) is 0 Å². The minimum atomic E-state index is -0.419. The number of hydrogen-bond donors (Lipinski definition) is 0. The molecular formula is C14H31BrS. The van der Waals surface area contributed by atoms with Crippen LogP contribution in [-0.2, 0) is 0 Å². The minimum absolute atomic E-state index is 0.419. The van der Waals surface area contributed by atoms with E-state index >= 15 is 0 Å². The molecule has 0 aromatic carbocycles. The lowest BCUT2D eigenvalue weighted by Gasteiger charge is -2.33. The monoisotopic (exact) mass is 310 g/mol. The average molecular weight is 311 g/mol. The van der Waals surface area contributed by atoms with Crippen molar-refractivity contribution in [2.75, 3.05) is 17.3 Å². The van der Waals surface area contributed by atoms with Gasteiger partial charge in [-0.05, 0) is 51.3 Å². The van der Waals surface area contributed by atoms with Gasteiger partial charge in [-0.15, -0.1) is 0 Å². The highest BCUT2D eigenvalue weighted by Crippen LogP contribution is 2.57. The second-order valence-electron chi connectivity index (χ2n) is 4.82. The summed E-state index contributed by atoms with van der Waals surface area (Å²) >= 11 is 4.07. The van der Waals surface area contributed by atoms with Crippen LogP contribution in [-0.4, -0.2) is 17.3 Å².